The summed E-state index contributed by atoms with van der Waals surface area (Å²) in [4.78, 5) is 68.0. The monoisotopic (exact) mass is 764 g/mol. The molecule has 2 fully saturated rings. The first-order valence-corrected chi connectivity index (χ1v) is 19.0. The number of carbonyl (C=O) groups is 3. The third kappa shape index (κ3) is 5.45. The first kappa shape index (κ1) is 37.1. The number of allylic oxidation sites excluding steroid dienone is 1. The summed E-state index contributed by atoms with van der Waals surface area (Å²) in [5, 5.41) is 41.2. The average Bonchev–Trinajstić information content (AvgIpc) is 3.30. The van der Waals surface area contributed by atoms with E-state index in [9.17, 15) is 34.5 Å². The predicted molar refractivity (Wildman–Crippen MR) is 214 cm³/mol. The molecule has 8 rings (SSSR count). The highest BCUT2D eigenvalue weighted by molar-refractivity contribution is 6.40. The van der Waals surface area contributed by atoms with Gasteiger partial charge in [0.1, 0.15) is 23.0 Å². The Hall–Kier alpha value is -5.85. The average molecular weight is 765 g/mol. The summed E-state index contributed by atoms with van der Waals surface area (Å²) in [5.41, 5.74) is 0.910. The number of hydrogen-bond acceptors (Lipinski definition) is 11. The van der Waals surface area contributed by atoms with Crippen molar-refractivity contribution in [1.29, 1.82) is 0 Å². The summed E-state index contributed by atoms with van der Waals surface area (Å²) in [5.74, 6) is -4.12. The van der Waals surface area contributed by atoms with Gasteiger partial charge in [0.15, 0.2) is 5.75 Å². The number of rotatable bonds is 10. The van der Waals surface area contributed by atoms with Crippen LogP contribution < -0.4 is 35.7 Å². The highest BCUT2D eigenvalue weighted by Crippen LogP contribution is 2.56. The number of anilines is 2. The molecular formula is C43H44N2O11. The van der Waals surface area contributed by atoms with Crippen LogP contribution in [0.5, 0.6) is 23.0 Å². The number of fused-ring (bicyclic) bond motifs is 1. The van der Waals surface area contributed by atoms with Gasteiger partial charge >= 0.3 is 11.9 Å². The molecule has 292 valence electrons. The highest BCUT2D eigenvalue weighted by Gasteiger charge is 2.38. The number of phenols is 1. The van der Waals surface area contributed by atoms with Crippen LogP contribution in [0.3, 0.4) is 0 Å². The van der Waals surface area contributed by atoms with Crippen molar-refractivity contribution in [2.24, 2.45) is 11.8 Å². The van der Waals surface area contributed by atoms with Gasteiger partial charge in [-0.1, -0.05) is 24.5 Å². The molecule has 0 spiro atoms. The summed E-state index contributed by atoms with van der Waals surface area (Å²) in [7, 11) is 4.27. The zero-order chi connectivity index (χ0) is 39.9. The molecule has 0 aliphatic heterocycles. The van der Waals surface area contributed by atoms with Gasteiger partial charge in [0.05, 0.1) is 55.5 Å². The van der Waals surface area contributed by atoms with Gasteiger partial charge in [0, 0.05) is 68.0 Å². The molecule has 5 aromatic carbocycles. The van der Waals surface area contributed by atoms with Crippen molar-refractivity contribution < 1.29 is 43.9 Å². The van der Waals surface area contributed by atoms with E-state index in [1.54, 1.807) is 19.1 Å². The molecule has 13 nitrogen and oxygen atoms in total. The molecule has 0 saturated heterocycles. The standard InChI is InChI=1S/C43H44N2O11/c1-17-12-23-29-34-30(39(48)38(23)45-22-11-7-9-20(14-22)43(52)53)24(44-21-10-6-8-19(13-21)42(50)51)15-26(54-3)32(34)33-27(55-4)16-25(47)31-36(33)35(29)37(28(17)18(2)46)41(56-5)40(31)49/h12,15-16,19-22,28,44-45,47H,6-11,13-14H2,1-5H3,(H,50,51)(H,52,53). The molecule has 0 radical (unpaired) electrons. The fourth-order valence-corrected chi connectivity index (χ4v) is 10.1. The molecule has 5 aromatic rings. The lowest BCUT2D eigenvalue weighted by Crippen LogP contribution is -2.33. The predicted octanol–water partition coefficient (Wildman–Crippen LogP) is 6.83. The number of carbonyl (C=O) groups excluding carboxylic acids is 1. The Morgan fingerprint density at radius 1 is 0.696 bits per heavy atom. The van der Waals surface area contributed by atoms with Crippen molar-refractivity contribution in [2.75, 3.05) is 32.0 Å². The number of phenolic OH excluding ortho intramolecular Hbond substituents is 1. The Kier molecular flexibility index (Phi) is 9.08. The van der Waals surface area contributed by atoms with Gasteiger partial charge in [0.25, 0.3) is 0 Å². The lowest BCUT2D eigenvalue weighted by Gasteiger charge is -2.31. The van der Waals surface area contributed by atoms with E-state index in [0.717, 1.165) is 0 Å². The summed E-state index contributed by atoms with van der Waals surface area (Å²) in [6.45, 7) is 3.20. The maximum absolute atomic E-state index is 15.5. The number of ether oxygens (including phenoxy) is 3. The summed E-state index contributed by atoms with van der Waals surface area (Å²) in [6.07, 6.45) is 6.10. The molecule has 5 unspecified atom stereocenters. The Morgan fingerprint density at radius 2 is 1.27 bits per heavy atom. The minimum atomic E-state index is -0.977. The number of nitrogens with one attached hydrogen (secondary N) is 2. The number of ketones is 1. The number of hydrogen-bond donors (Lipinski definition) is 5. The maximum atomic E-state index is 15.5. The second-order valence-corrected chi connectivity index (χ2v) is 15.6. The van der Waals surface area contributed by atoms with Gasteiger partial charge in [-0.25, -0.2) is 0 Å². The first-order chi connectivity index (χ1) is 26.8. The third-order valence-electron chi connectivity index (χ3n) is 12.4. The van der Waals surface area contributed by atoms with E-state index in [4.69, 9.17) is 14.2 Å². The molecule has 3 aliphatic rings. The lowest BCUT2D eigenvalue weighted by atomic mass is 9.80. The van der Waals surface area contributed by atoms with Crippen LogP contribution in [0.4, 0.5) is 11.4 Å². The Morgan fingerprint density at radius 3 is 1.82 bits per heavy atom. The Bertz CT molecular complexity index is 2650. The maximum Gasteiger partial charge on any atom is 0.306 e. The van der Waals surface area contributed by atoms with Crippen molar-refractivity contribution >= 4 is 78.3 Å². The first-order valence-electron chi connectivity index (χ1n) is 19.0. The summed E-state index contributed by atoms with van der Waals surface area (Å²) < 4.78 is 17.9. The topological polar surface area (TPSA) is 198 Å². The van der Waals surface area contributed by atoms with Crippen LogP contribution in [0.25, 0.3) is 49.2 Å². The number of aliphatic carboxylic acids is 2. The SMILES string of the molecule is COc1c2c3c4c(c(NC5CCCC(C(=O)O)C5)c(=O)c5c(NC6CCCC(C(=O)O)C6)cc(OC)c(c6c(OC)cc(O)c(c1=O)c63)c54)C=C(C)C2C(C)=O. The zero-order valence-corrected chi connectivity index (χ0v) is 31.9. The molecule has 0 aromatic heterocycles. The number of methoxy groups -OCH3 is 3. The van der Waals surface area contributed by atoms with Crippen molar-refractivity contribution in [1.82, 2.24) is 0 Å². The summed E-state index contributed by atoms with van der Waals surface area (Å²) in [6, 6.07) is 2.39. The number of Topliss-reactive ketones (excluding diaryl/α,β-unsaturated/α-hetero) is 1. The quantitative estimate of drug-likeness (QED) is 0.0734. The molecular weight excluding hydrogens is 720 g/mol. The van der Waals surface area contributed by atoms with Gasteiger partial charge in [-0.15, -0.1) is 0 Å². The van der Waals surface area contributed by atoms with E-state index in [1.165, 1.54) is 34.3 Å². The van der Waals surface area contributed by atoms with Crippen LogP contribution >= 0.6 is 0 Å². The second-order valence-electron chi connectivity index (χ2n) is 15.6. The lowest BCUT2D eigenvalue weighted by molar-refractivity contribution is -0.143. The Labute approximate surface area is 320 Å². The third-order valence-corrected chi connectivity index (χ3v) is 12.4. The van der Waals surface area contributed by atoms with Crippen molar-refractivity contribution in [2.45, 2.75) is 83.2 Å². The molecule has 3 aliphatic carbocycles. The minimum Gasteiger partial charge on any atom is -0.507 e. The molecule has 2 saturated carbocycles. The summed E-state index contributed by atoms with van der Waals surface area (Å²) >= 11 is 0. The van der Waals surface area contributed by atoms with E-state index >= 15 is 4.79 Å². The van der Waals surface area contributed by atoms with E-state index in [1.807, 2.05) is 0 Å². The van der Waals surface area contributed by atoms with E-state index < -0.39 is 35.1 Å². The van der Waals surface area contributed by atoms with Crippen molar-refractivity contribution in [3.05, 3.63) is 49.3 Å². The number of carboxylic acids is 2. The van der Waals surface area contributed by atoms with Gasteiger partial charge in [0.2, 0.25) is 10.9 Å². The van der Waals surface area contributed by atoms with E-state index in [0.29, 0.717) is 112 Å². The van der Waals surface area contributed by atoms with Crippen LogP contribution in [0.2, 0.25) is 0 Å². The van der Waals surface area contributed by atoms with Crippen molar-refractivity contribution in [3.8, 4) is 23.0 Å². The van der Waals surface area contributed by atoms with Crippen LogP contribution in [-0.4, -0.2) is 66.5 Å². The van der Waals surface area contributed by atoms with Crippen LogP contribution in [0, 0.1) is 11.8 Å². The highest BCUT2D eigenvalue weighted by atomic mass is 16.5. The largest absolute Gasteiger partial charge is 0.507 e. The molecule has 0 bridgehead atoms. The molecule has 13 heteroatoms. The smallest absolute Gasteiger partial charge is 0.306 e. The number of benzene rings is 5. The van der Waals surface area contributed by atoms with Crippen molar-refractivity contribution in [3.63, 3.8) is 0 Å². The molecule has 5 atom stereocenters. The van der Waals surface area contributed by atoms with Gasteiger partial charge in [-0.2, -0.15) is 0 Å². The van der Waals surface area contributed by atoms with Crippen LogP contribution in [-0.2, 0) is 14.4 Å². The normalized spacial score (nSPS) is 22.3. The van der Waals surface area contributed by atoms with E-state index in [-0.39, 0.29) is 57.0 Å². The van der Waals surface area contributed by atoms with Gasteiger partial charge in [-0.3, -0.25) is 24.0 Å². The molecule has 0 amide bonds. The van der Waals surface area contributed by atoms with Crippen LogP contribution in [0.15, 0.2) is 27.3 Å². The van der Waals surface area contributed by atoms with Gasteiger partial charge in [-0.05, 0) is 57.8 Å². The van der Waals surface area contributed by atoms with E-state index in [2.05, 4.69) is 10.6 Å². The molecule has 0 heterocycles. The van der Waals surface area contributed by atoms with Gasteiger partial charge < -0.3 is 40.2 Å². The second kappa shape index (κ2) is 13.7. The molecule has 5 N–H and O–H groups in total. The molecule has 56 heavy (non-hydrogen) atoms. The number of carboxylic acid groups (broad SMARTS) is 2. The fourth-order valence-electron chi connectivity index (χ4n) is 10.1. The van der Waals surface area contributed by atoms with Crippen LogP contribution in [0.1, 0.15) is 82.3 Å². The minimum absolute atomic E-state index is 0.0496. The fraction of sp³-hybridized carbons (Fsp3) is 0.419. The Balaban J connectivity index is 1.61. The number of aromatic hydroxyl groups is 1. The zero-order valence-electron chi connectivity index (χ0n) is 31.9.